The van der Waals surface area contributed by atoms with Crippen LogP contribution in [0.4, 0.5) is 0 Å². The first-order chi connectivity index (χ1) is 7.99. The Balaban J connectivity index is 2.16. The summed E-state index contributed by atoms with van der Waals surface area (Å²) in [6.45, 7) is 6.25. The van der Waals surface area contributed by atoms with Crippen LogP contribution in [0.2, 0.25) is 0 Å². The highest BCUT2D eigenvalue weighted by Crippen LogP contribution is 2.41. The van der Waals surface area contributed by atoms with E-state index >= 15 is 0 Å². The van der Waals surface area contributed by atoms with Gasteiger partial charge in [0, 0.05) is 6.04 Å². The second-order valence-electron chi connectivity index (χ2n) is 5.60. The SMILES string of the molecule is CCCC(C)N1CC(=O)NC(C)(C2CC2)C1=O. The minimum absolute atomic E-state index is 0.0121. The van der Waals surface area contributed by atoms with Crippen molar-refractivity contribution in [2.75, 3.05) is 6.54 Å². The summed E-state index contributed by atoms with van der Waals surface area (Å²) in [7, 11) is 0. The number of carbonyl (C=O) groups is 2. The van der Waals surface area contributed by atoms with Gasteiger partial charge in [0.25, 0.3) is 0 Å². The van der Waals surface area contributed by atoms with E-state index in [9.17, 15) is 9.59 Å². The van der Waals surface area contributed by atoms with Crippen LogP contribution in [0.5, 0.6) is 0 Å². The molecule has 1 aliphatic heterocycles. The summed E-state index contributed by atoms with van der Waals surface area (Å²) in [5.74, 6) is 0.443. The van der Waals surface area contributed by atoms with Crippen LogP contribution in [0.15, 0.2) is 0 Å². The molecular formula is C13H22N2O2. The molecule has 0 aromatic rings. The van der Waals surface area contributed by atoms with E-state index in [0.717, 1.165) is 25.7 Å². The van der Waals surface area contributed by atoms with Gasteiger partial charge in [0.05, 0.1) is 6.54 Å². The van der Waals surface area contributed by atoms with Gasteiger partial charge in [-0.05, 0) is 39.0 Å². The fraction of sp³-hybridized carbons (Fsp3) is 0.846. The van der Waals surface area contributed by atoms with E-state index in [4.69, 9.17) is 0 Å². The van der Waals surface area contributed by atoms with E-state index in [1.807, 2.05) is 13.8 Å². The number of rotatable bonds is 4. The second kappa shape index (κ2) is 4.31. The minimum atomic E-state index is -0.642. The minimum Gasteiger partial charge on any atom is -0.340 e. The number of carbonyl (C=O) groups excluding carboxylic acids is 2. The van der Waals surface area contributed by atoms with Gasteiger partial charge in [-0.25, -0.2) is 0 Å². The lowest BCUT2D eigenvalue weighted by atomic mass is 9.90. The Labute approximate surface area is 103 Å². The molecule has 1 aliphatic carbocycles. The molecule has 2 aliphatic rings. The maximum Gasteiger partial charge on any atom is 0.249 e. The molecule has 4 heteroatoms. The van der Waals surface area contributed by atoms with Crippen LogP contribution in [0, 0.1) is 5.92 Å². The Kier molecular flexibility index (Phi) is 3.15. The van der Waals surface area contributed by atoms with Gasteiger partial charge in [-0.3, -0.25) is 9.59 Å². The van der Waals surface area contributed by atoms with Crippen molar-refractivity contribution in [3.8, 4) is 0 Å². The maximum atomic E-state index is 12.5. The standard InChI is InChI=1S/C13H22N2O2/c1-4-5-9(2)15-8-11(16)14-13(3,12(15)17)10-6-7-10/h9-10H,4-8H2,1-3H3,(H,14,16). The summed E-state index contributed by atoms with van der Waals surface area (Å²) in [6, 6.07) is 0.164. The van der Waals surface area contributed by atoms with Crippen molar-refractivity contribution in [3.63, 3.8) is 0 Å². The van der Waals surface area contributed by atoms with Crippen molar-refractivity contribution in [1.29, 1.82) is 0 Å². The molecule has 1 saturated carbocycles. The number of hydrogen-bond donors (Lipinski definition) is 1. The molecule has 96 valence electrons. The highest BCUT2D eigenvalue weighted by molar-refractivity contribution is 5.98. The van der Waals surface area contributed by atoms with Crippen molar-refractivity contribution in [3.05, 3.63) is 0 Å². The highest BCUT2D eigenvalue weighted by atomic mass is 16.2. The predicted octanol–water partition coefficient (Wildman–Crippen LogP) is 1.30. The Morgan fingerprint density at radius 2 is 2.12 bits per heavy atom. The maximum absolute atomic E-state index is 12.5. The van der Waals surface area contributed by atoms with Gasteiger partial charge in [0.15, 0.2) is 0 Å². The van der Waals surface area contributed by atoms with Gasteiger partial charge < -0.3 is 10.2 Å². The van der Waals surface area contributed by atoms with Crippen LogP contribution in [0.25, 0.3) is 0 Å². The van der Waals surface area contributed by atoms with Crippen molar-refractivity contribution < 1.29 is 9.59 Å². The van der Waals surface area contributed by atoms with E-state index in [1.165, 1.54) is 0 Å². The summed E-state index contributed by atoms with van der Waals surface area (Å²) in [4.78, 5) is 26.0. The first kappa shape index (κ1) is 12.4. The highest BCUT2D eigenvalue weighted by Gasteiger charge is 2.53. The molecule has 1 heterocycles. The van der Waals surface area contributed by atoms with E-state index in [-0.39, 0.29) is 24.4 Å². The molecule has 1 saturated heterocycles. The van der Waals surface area contributed by atoms with Gasteiger partial charge in [0.1, 0.15) is 5.54 Å². The van der Waals surface area contributed by atoms with Crippen LogP contribution in [0.1, 0.15) is 46.5 Å². The molecule has 1 N–H and O–H groups in total. The predicted molar refractivity (Wildman–Crippen MR) is 65.4 cm³/mol. The first-order valence-corrected chi connectivity index (χ1v) is 6.61. The molecule has 0 aromatic heterocycles. The van der Waals surface area contributed by atoms with Crippen LogP contribution < -0.4 is 5.32 Å². The van der Waals surface area contributed by atoms with E-state index < -0.39 is 5.54 Å². The molecule has 0 spiro atoms. The Hall–Kier alpha value is -1.06. The van der Waals surface area contributed by atoms with Crippen molar-refractivity contribution >= 4 is 11.8 Å². The Bertz CT molecular complexity index is 338. The summed E-state index contributed by atoms with van der Waals surface area (Å²) >= 11 is 0. The number of hydrogen-bond acceptors (Lipinski definition) is 2. The Morgan fingerprint density at radius 3 is 2.65 bits per heavy atom. The molecule has 2 atom stereocenters. The molecule has 0 aromatic carbocycles. The lowest BCUT2D eigenvalue weighted by Crippen LogP contribution is -2.67. The van der Waals surface area contributed by atoms with E-state index in [0.29, 0.717) is 5.92 Å². The number of piperazine rings is 1. The van der Waals surface area contributed by atoms with Crippen molar-refractivity contribution in [2.24, 2.45) is 5.92 Å². The lowest BCUT2D eigenvalue weighted by molar-refractivity contribution is -0.152. The van der Waals surface area contributed by atoms with Gasteiger partial charge >= 0.3 is 0 Å². The van der Waals surface area contributed by atoms with E-state index in [1.54, 1.807) is 4.90 Å². The number of amides is 2. The van der Waals surface area contributed by atoms with Crippen LogP contribution in [-0.4, -0.2) is 34.8 Å². The molecule has 2 unspecified atom stereocenters. The monoisotopic (exact) mass is 238 g/mol. The van der Waals surface area contributed by atoms with Crippen molar-refractivity contribution in [1.82, 2.24) is 10.2 Å². The molecule has 0 radical (unpaired) electrons. The molecule has 4 nitrogen and oxygen atoms in total. The summed E-state index contributed by atoms with van der Waals surface area (Å²) in [5, 5.41) is 2.90. The molecule has 0 bridgehead atoms. The van der Waals surface area contributed by atoms with Gasteiger partial charge in [0.2, 0.25) is 11.8 Å². The smallest absolute Gasteiger partial charge is 0.249 e. The molecule has 2 amide bonds. The number of nitrogens with zero attached hydrogens (tertiary/aromatic N) is 1. The van der Waals surface area contributed by atoms with Crippen LogP contribution in [-0.2, 0) is 9.59 Å². The number of nitrogens with one attached hydrogen (secondary N) is 1. The quantitative estimate of drug-likeness (QED) is 0.802. The molecule has 2 rings (SSSR count). The largest absolute Gasteiger partial charge is 0.340 e. The third-order valence-corrected chi connectivity index (χ3v) is 4.05. The first-order valence-electron chi connectivity index (χ1n) is 6.61. The zero-order chi connectivity index (χ0) is 12.6. The van der Waals surface area contributed by atoms with E-state index in [2.05, 4.69) is 12.2 Å². The summed E-state index contributed by atoms with van der Waals surface area (Å²) < 4.78 is 0. The Morgan fingerprint density at radius 1 is 1.47 bits per heavy atom. The molecule has 17 heavy (non-hydrogen) atoms. The van der Waals surface area contributed by atoms with Gasteiger partial charge in [-0.15, -0.1) is 0 Å². The molecule has 2 fully saturated rings. The zero-order valence-electron chi connectivity index (χ0n) is 11.0. The van der Waals surface area contributed by atoms with Crippen molar-refractivity contribution in [2.45, 2.75) is 58.0 Å². The van der Waals surface area contributed by atoms with Crippen LogP contribution >= 0.6 is 0 Å². The molecular weight excluding hydrogens is 216 g/mol. The second-order valence-corrected chi connectivity index (χ2v) is 5.60. The fourth-order valence-electron chi connectivity index (χ4n) is 2.77. The normalized spacial score (nSPS) is 31.4. The van der Waals surface area contributed by atoms with Crippen LogP contribution in [0.3, 0.4) is 0 Å². The lowest BCUT2D eigenvalue weighted by Gasteiger charge is -2.42. The average Bonchev–Trinajstić information content (AvgIpc) is 3.07. The van der Waals surface area contributed by atoms with Gasteiger partial charge in [-0.1, -0.05) is 13.3 Å². The average molecular weight is 238 g/mol. The fourth-order valence-corrected chi connectivity index (χ4v) is 2.77. The zero-order valence-corrected chi connectivity index (χ0v) is 11.0. The summed E-state index contributed by atoms with van der Waals surface area (Å²) in [5.41, 5.74) is -0.642. The topological polar surface area (TPSA) is 49.4 Å². The third-order valence-electron chi connectivity index (χ3n) is 4.05. The van der Waals surface area contributed by atoms with Gasteiger partial charge in [-0.2, -0.15) is 0 Å². The summed E-state index contributed by atoms with van der Waals surface area (Å²) in [6.07, 6.45) is 4.10. The third kappa shape index (κ3) is 2.17.